The van der Waals surface area contributed by atoms with E-state index >= 15 is 0 Å². The summed E-state index contributed by atoms with van der Waals surface area (Å²) in [5.74, 6) is -0.579. The number of hydrogen-bond acceptors (Lipinski definition) is 3. The third-order valence-electron chi connectivity index (χ3n) is 2.97. The van der Waals surface area contributed by atoms with Gasteiger partial charge in [0.25, 0.3) is 0 Å². The first-order valence-electron chi connectivity index (χ1n) is 5.71. The Morgan fingerprint density at radius 3 is 2.79 bits per heavy atom. The SMILES string of the molecule is C[C@@H]1CNCCN1S(=O)(=O)c1c(Cl)cc(F)cc1Br. The van der Waals surface area contributed by atoms with Crippen molar-refractivity contribution in [2.24, 2.45) is 0 Å². The van der Waals surface area contributed by atoms with Crippen LogP contribution in [0.15, 0.2) is 21.5 Å². The monoisotopic (exact) mass is 370 g/mol. The quantitative estimate of drug-likeness (QED) is 0.867. The zero-order valence-electron chi connectivity index (χ0n) is 10.2. The van der Waals surface area contributed by atoms with Crippen LogP contribution in [0.25, 0.3) is 0 Å². The molecule has 8 heteroatoms. The van der Waals surface area contributed by atoms with Crippen LogP contribution in [-0.4, -0.2) is 38.4 Å². The summed E-state index contributed by atoms with van der Waals surface area (Å²) in [6.07, 6.45) is 0. The standard InChI is InChI=1S/C11H13BrClFN2O2S/c1-7-6-15-2-3-16(7)19(17,18)11-9(12)4-8(14)5-10(11)13/h4-5,7,15H,2-3,6H2,1H3/t7-/m1/s1. The van der Waals surface area contributed by atoms with Crippen molar-refractivity contribution in [2.75, 3.05) is 19.6 Å². The van der Waals surface area contributed by atoms with E-state index in [4.69, 9.17) is 11.6 Å². The second-order valence-electron chi connectivity index (χ2n) is 4.37. The maximum Gasteiger partial charge on any atom is 0.246 e. The van der Waals surface area contributed by atoms with Crippen molar-refractivity contribution in [1.29, 1.82) is 0 Å². The van der Waals surface area contributed by atoms with Crippen LogP contribution in [0.4, 0.5) is 4.39 Å². The van der Waals surface area contributed by atoms with E-state index in [1.165, 1.54) is 4.31 Å². The number of halogens is 3. The second-order valence-corrected chi connectivity index (χ2v) is 7.46. The minimum Gasteiger partial charge on any atom is -0.314 e. The molecule has 1 saturated heterocycles. The Morgan fingerprint density at radius 2 is 2.21 bits per heavy atom. The smallest absolute Gasteiger partial charge is 0.246 e. The molecule has 0 aromatic heterocycles. The van der Waals surface area contributed by atoms with Crippen LogP contribution in [0.3, 0.4) is 0 Å². The van der Waals surface area contributed by atoms with Gasteiger partial charge >= 0.3 is 0 Å². The lowest BCUT2D eigenvalue weighted by molar-refractivity contribution is 0.283. The first-order chi connectivity index (χ1) is 8.84. The highest BCUT2D eigenvalue weighted by atomic mass is 79.9. The average Bonchev–Trinajstić information content (AvgIpc) is 2.27. The second kappa shape index (κ2) is 5.65. The van der Waals surface area contributed by atoms with Gasteiger partial charge < -0.3 is 5.32 Å². The summed E-state index contributed by atoms with van der Waals surface area (Å²) in [5, 5.41) is 3.00. The lowest BCUT2D eigenvalue weighted by Crippen LogP contribution is -2.52. The molecule has 0 spiro atoms. The van der Waals surface area contributed by atoms with Crippen LogP contribution >= 0.6 is 27.5 Å². The summed E-state index contributed by atoms with van der Waals surface area (Å²) < 4.78 is 39.9. The minimum absolute atomic E-state index is 0.0793. The van der Waals surface area contributed by atoms with Gasteiger partial charge in [0.2, 0.25) is 10.0 Å². The van der Waals surface area contributed by atoms with Crippen LogP contribution in [-0.2, 0) is 10.0 Å². The Bertz CT molecular complexity index is 573. The van der Waals surface area contributed by atoms with Gasteiger partial charge in [0.1, 0.15) is 10.7 Å². The highest BCUT2D eigenvalue weighted by Gasteiger charge is 2.34. The average molecular weight is 372 g/mol. The van der Waals surface area contributed by atoms with E-state index in [0.717, 1.165) is 12.1 Å². The zero-order chi connectivity index (χ0) is 14.2. The Kier molecular flexibility index (Phi) is 4.52. The summed E-state index contributed by atoms with van der Waals surface area (Å²) in [6, 6.07) is 1.93. The van der Waals surface area contributed by atoms with Gasteiger partial charge in [-0.25, -0.2) is 12.8 Å². The Labute approximate surface area is 125 Å². The molecule has 19 heavy (non-hydrogen) atoms. The van der Waals surface area contributed by atoms with E-state index in [0.29, 0.717) is 19.6 Å². The summed E-state index contributed by atoms with van der Waals surface area (Å²) >= 11 is 8.97. The first kappa shape index (κ1) is 15.2. The minimum atomic E-state index is -3.74. The number of rotatable bonds is 2. The number of sulfonamides is 1. The van der Waals surface area contributed by atoms with Gasteiger partial charge in [-0.3, -0.25) is 0 Å². The van der Waals surface area contributed by atoms with Gasteiger partial charge in [-0.1, -0.05) is 11.6 Å². The molecule has 2 rings (SSSR count). The van der Waals surface area contributed by atoms with E-state index in [1.807, 2.05) is 6.92 Å². The molecular formula is C11H13BrClFN2O2S. The van der Waals surface area contributed by atoms with Crippen molar-refractivity contribution in [3.8, 4) is 0 Å². The van der Waals surface area contributed by atoms with Crippen LogP contribution in [0.5, 0.6) is 0 Å². The van der Waals surface area contributed by atoms with Crippen molar-refractivity contribution < 1.29 is 12.8 Å². The third kappa shape index (κ3) is 2.95. The molecule has 106 valence electrons. The maximum atomic E-state index is 13.2. The molecule has 4 nitrogen and oxygen atoms in total. The van der Waals surface area contributed by atoms with Crippen molar-refractivity contribution in [3.63, 3.8) is 0 Å². The van der Waals surface area contributed by atoms with Gasteiger partial charge in [0.15, 0.2) is 0 Å². The highest BCUT2D eigenvalue weighted by Crippen LogP contribution is 2.33. The van der Waals surface area contributed by atoms with Crippen molar-refractivity contribution in [2.45, 2.75) is 17.9 Å². The Morgan fingerprint density at radius 1 is 1.53 bits per heavy atom. The molecule has 1 fully saturated rings. The van der Waals surface area contributed by atoms with Crippen molar-refractivity contribution in [3.05, 3.63) is 27.4 Å². The summed E-state index contributed by atoms with van der Waals surface area (Å²) in [7, 11) is -3.74. The lowest BCUT2D eigenvalue weighted by Gasteiger charge is -2.33. The van der Waals surface area contributed by atoms with Gasteiger partial charge in [-0.15, -0.1) is 0 Å². The summed E-state index contributed by atoms with van der Waals surface area (Å²) in [6.45, 7) is 3.34. The van der Waals surface area contributed by atoms with Gasteiger partial charge in [-0.05, 0) is 35.0 Å². The molecular weight excluding hydrogens is 359 g/mol. The highest BCUT2D eigenvalue weighted by molar-refractivity contribution is 9.10. The van der Waals surface area contributed by atoms with Crippen LogP contribution in [0.2, 0.25) is 5.02 Å². The molecule has 1 aromatic carbocycles. The number of piperazine rings is 1. The third-order valence-corrected chi connectivity index (χ3v) is 6.38. The normalized spacial score (nSPS) is 21.6. The molecule has 1 aliphatic heterocycles. The van der Waals surface area contributed by atoms with Crippen LogP contribution < -0.4 is 5.32 Å². The van der Waals surface area contributed by atoms with Crippen molar-refractivity contribution in [1.82, 2.24) is 9.62 Å². The Hall–Kier alpha value is -0.210. The molecule has 1 N–H and O–H groups in total. The maximum absolute atomic E-state index is 13.2. The van der Waals surface area contributed by atoms with Gasteiger partial charge in [-0.2, -0.15) is 4.31 Å². The number of nitrogens with zero attached hydrogens (tertiary/aromatic N) is 1. The van der Waals surface area contributed by atoms with E-state index in [-0.39, 0.29) is 20.4 Å². The molecule has 0 unspecified atom stereocenters. The van der Waals surface area contributed by atoms with Crippen LogP contribution in [0, 0.1) is 5.82 Å². The lowest BCUT2D eigenvalue weighted by atomic mass is 10.3. The summed E-state index contributed by atoms with van der Waals surface area (Å²) in [4.78, 5) is -0.0793. The molecule has 0 saturated carbocycles. The molecule has 0 aliphatic carbocycles. The fraction of sp³-hybridized carbons (Fsp3) is 0.455. The van der Waals surface area contributed by atoms with Gasteiger partial charge in [0, 0.05) is 30.1 Å². The fourth-order valence-electron chi connectivity index (χ4n) is 2.07. The summed E-state index contributed by atoms with van der Waals surface area (Å²) in [5.41, 5.74) is 0. The van der Waals surface area contributed by atoms with E-state index in [1.54, 1.807) is 0 Å². The molecule has 0 amide bonds. The van der Waals surface area contributed by atoms with E-state index in [9.17, 15) is 12.8 Å². The predicted octanol–water partition coefficient (Wildman–Crippen LogP) is 2.22. The van der Waals surface area contributed by atoms with Crippen molar-refractivity contribution >= 4 is 37.6 Å². The molecule has 1 aromatic rings. The van der Waals surface area contributed by atoms with E-state index in [2.05, 4.69) is 21.2 Å². The topological polar surface area (TPSA) is 49.4 Å². The number of benzene rings is 1. The van der Waals surface area contributed by atoms with Gasteiger partial charge in [0.05, 0.1) is 5.02 Å². The zero-order valence-corrected chi connectivity index (χ0v) is 13.3. The predicted molar refractivity (Wildman–Crippen MR) is 75.3 cm³/mol. The number of hydrogen-bond donors (Lipinski definition) is 1. The van der Waals surface area contributed by atoms with E-state index < -0.39 is 15.8 Å². The fourth-order valence-corrected chi connectivity index (χ4v) is 5.46. The molecule has 1 atom stereocenters. The Balaban J connectivity index is 2.50. The molecule has 0 bridgehead atoms. The largest absolute Gasteiger partial charge is 0.314 e. The molecule has 0 radical (unpaired) electrons. The van der Waals surface area contributed by atoms with Crippen LogP contribution in [0.1, 0.15) is 6.92 Å². The number of nitrogens with one attached hydrogen (secondary N) is 1. The molecule has 1 heterocycles. The molecule has 1 aliphatic rings. The first-order valence-corrected chi connectivity index (χ1v) is 8.32.